The summed E-state index contributed by atoms with van der Waals surface area (Å²) in [6, 6.07) is 19.2. The molecule has 6 aromatic rings. The van der Waals surface area contributed by atoms with Gasteiger partial charge in [0.15, 0.2) is 17.2 Å². The highest BCUT2D eigenvalue weighted by atomic mass is 19.3. The van der Waals surface area contributed by atoms with Crippen LogP contribution in [0.5, 0.6) is 0 Å². The summed E-state index contributed by atoms with van der Waals surface area (Å²) in [6.45, 7) is 9.04. The van der Waals surface area contributed by atoms with Crippen LogP contribution in [-0.4, -0.2) is 78.2 Å². The first kappa shape index (κ1) is 37.1. The van der Waals surface area contributed by atoms with E-state index in [0.717, 1.165) is 45.5 Å². The minimum atomic E-state index is -2.89. The van der Waals surface area contributed by atoms with Gasteiger partial charge < -0.3 is 19.9 Å². The maximum absolute atomic E-state index is 14.1. The molecule has 14 heteroatoms. The largest absolute Gasteiger partial charge is 0.481 e. The highest BCUT2D eigenvalue weighted by Crippen LogP contribution is 2.38. The lowest BCUT2D eigenvalue weighted by molar-refractivity contribution is -0.147. The first-order valence-electron chi connectivity index (χ1n) is 18.5. The number of benzene rings is 3. The number of nitrogens with zero attached hydrogens (tertiary/aromatic N) is 7. The molecule has 56 heavy (non-hydrogen) atoms. The number of carboxylic acids is 1. The van der Waals surface area contributed by atoms with Gasteiger partial charge in [0.25, 0.3) is 6.43 Å². The molecule has 0 aliphatic carbocycles. The Bertz CT molecular complexity index is 2550. The summed E-state index contributed by atoms with van der Waals surface area (Å²) < 4.78 is 34.4. The average Bonchev–Trinajstić information content (AvgIpc) is 3.90. The van der Waals surface area contributed by atoms with Gasteiger partial charge in [0, 0.05) is 50.2 Å². The zero-order valence-electron chi connectivity index (χ0n) is 31.2. The molecule has 5 heterocycles. The molecule has 2 atom stereocenters. The lowest BCUT2D eigenvalue weighted by Crippen LogP contribution is -2.31. The lowest BCUT2D eigenvalue weighted by Gasteiger charge is -2.20. The van der Waals surface area contributed by atoms with Crippen LogP contribution in [0, 0.1) is 30.6 Å². The number of nitrogens with one attached hydrogen (secondary N) is 1. The normalized spacial score (nSPS) is 19.0. The second kappa shape index (κ2) is 14.6. The van der Waals surface area contributed by atoms with Crippen molar-refractivity contribution in [2.45, 2.75) is 59.2 Å². The highest BCUT2D eigenvalue weighted by Gasteiger charge is 2.40. The van der Waals surface area contributed by atoms with Crippen LogP contribution in [0.15, 0.2) is 65.2 Å². The molecule has 0 amide bonds. The Morgan fingerprint density at radius 2 is 1.73 bits per heavy atom. The van der Waals surface area contributed by atoms with Crippen molar-refractivity contribution in [3.63, 3.8) is 0 Å². The predicted molar refractivity (Wildman–Crippen MR) is 206 cm³/mol. The molecule has 2 aliphatic rings. The summed E-state index contributed by atoms with van der Waals surface area (Å²) in [6.07, 6.45) is -0.330. The van der Waals surface area contributed by atoms with Crippen molar-refractivity contribution in [1.82, 2.24) is 29.7 Å². The van der Waals surface area contributed by atoms with Crippen molar-refractivity contribution in [1.29, 1.82) is 5.26 Å². The van der Waals surface area contributed by atoms with Crippen LogP contribution in [0.25, 0.3) is 44.7 Å². The Morgan fingerprint density at radius 3 is 2.45 bits per heavy atom. The van der Waals surface area contributed by atoms with E-state index in [2.05, 4.69) is 36.1 Å². The molecule has 0 radical (unpaired) electrons. The topological polar surface area (TPSA) is 165 Å². The van der Waals surface area contributed by atoms with Crippen molar-refractivity contribution in [3.05, 3.63) is 94.4 Å². The number of halogens is 2. The van der Waals surface area contributed by atoms with E-state index in [1.165, 1.54) is 0 Å². The van der Waals surface area contributed by atoms with Crippen LogP contribution in [-0.2, 0) is 17.9 Å². The third kappa shape index (κ3) is 7.05. The summed E-state index contributed by atoms with van der Waals surface area (Å²) >= 11 is 0. The number of hydrogen-bond acceptors (Lipinski definition) is 11. The summed E-state index contributed by atoms with van der Waals surface area (Å²) in [4.78, 5) is 33.7. The standard InChI is InChI=1S/C42H40F2N8O4/c1-23-29(6-4-8-31(23)40-49-34-15-25(14-27(17-45)36(34)56-40)19-52-13-11-42(3,22-52)41(54)55)30-7-5-9-32(24(30)2)47-38-35-33(48-39(50-38)37(43)44)16-26(18-46-35)20-51-12-10-28(53)21-51/h4-9,14-16,18,28,37,53H,10-13,19-22H2,1-3H3,(H,54,55)(H,47,48,50)/t28-,42?/m1/s1. The molecule has 2 fully saturated rings. The number of aliphatic carboxylic acids is 1. The Balaban J connectivity index is 1.09. The minimum Gasteiger partial charge on any atom is -0.481 e. The number of aromatic nitrogens is 4. The van der Waals surface area contributed by atoms with E-state index in [-0.39, 0.29) is 11.9 Å². The number of fused-ring (bicyclic) bond motifs is 2. The van der Waals surface area contributed by atoms with Crippen LogP contribution in [0.4, 0.5) is 20.3 Å². The van der Waals surface area contributed by atoms with Gasteiger partial charge >= 0.3 is 5.97 Å². The number of anilines is 2. The van der Waals surface area contributed by atoms with Gasteiger partial charge in [0.1, 0.15) is 17.1 Å². The molecule has 1 unspecified atom stereocenters. The number of nitriles is 1. The Labute approximate surface area is 321 Å². The number of oxazole rings is 1. The molecule has 3 aromatic carbocycles. The summed E-state index contributed by atoms with van der Waals surface area (Å²) in [5.74, 6) is -0.886. The van der Waals surface area contributed by atoms with E-state index in [9.17, 15) is 29.1 Å². The predicted octanol–water partition coefficient (Wildman–Crippen LogP) is 7.53. The Morgan fingerprint density at radius 1 is 1.00 bits per heavy atom. The number of β-amino-alcohol motifs (C(OH)–C–C–N with tert-alkyl or cyclic N) is 1. The van der Waals surface area contributed by atoms with E-state index >= 15 is 0 Å². The number of pyridine rings is 1. The van der Waals surface area contributed by atoms with E-state index in [1.54, 1.807) is 25.3 Å². The van der Waals surface area contributed by atoms with Crippen LogP contribution < -0.4 is 5.32 Å². The third-order valence-electron chi connectivity index (χ3n) is 11.0. The summed E-state index contributed by atoms with van der Waals surface area (Å²) in [7, 11) is 0. The fraction of sp³-hybridized carbons (Fsp3) is 0.333. The zero-order valence-corrected chi connectivity index (χ0v) is 31.2. The molecular weight excluding hydrogens is 719 g/mol. The fourth-order valence-electron chi connectivity index (χ4n) is 7.92. The molecule has 286 valence electrons. The van der Waals surface area contributed by atoms with Crippen molar-refractivity contribution >= 4 is 39.6 Å². The quantitative estimate of drug-likeness (QED) is 0.126. The van der Waals surface area contributed by atoms with E-state index in [0.29, 0.717) is 84.8 Å². The van der Waals surface area contributed by atoms with Crippen LogP contribution in [0.2, 0.25) is 0 Å². The zero-order chi connectivity index (χ0) is 39.3. The molecule has 3 aromatic heterocycles. The monoisotopic (exact) mass is 758 g/mol. The average molecular weight is 759 g/mol. The number of aliphatic hydroxyl groups excluding tert-OH is 1. The number of carbonyl (C=O) groups is 1. The molecule has 2 aliphatic heterocycles. The van der Waals surface area contributed by atoms with Gasteiger partial charge in [0.05, 0.1) is 22.6 Å². The molecule has 0 bridgehead atoms. The van der Waals surface area contributed by atoms with Crippen molar-refractivity contribution < 1.29 is 28.2 Å². The second-order valence-corrected chi connectivity index (χ2v) is 15.2. The van der Waals surface area contributed by atoms with Crippen molar-refractivity contribution in [2.75, 3.05) is 31.5 Å². The molecule has 12 nitrogen and oxygen atoms in total. The SMILES string of the molecule is Cc1c(Nc2nc(C(F)F)nc3cc(CN4CC[C@@H](O)C4)cnc23)cccc1-c1cccc(-c2nc3cc(CN4CCC(C)(C(=O)O)C4)cc(C#N)c3o2)c1C. The third-order valence-corrected chi connectivity index (χ3v) is 11.0. The van der Waals surface area contributed by atoms with Crippen molar-refractivity contribution in [3.8, 4) is 28.7 Å². The fourth-order valence-corrected chi connectivity index (χ4v) is 7.92. The number of hydrogen-bond donors (Lipinski definition) is 3. The Hall–Kier alpha value is -5.88. The molecule has 0 spiro atoms. The van der Waals surface area contributed by atoms with Gasteiger partial charge in [-0.05, 0) is 104 Å². The van der Waals surface area contributed by atoms with Gasteiger partial charge in [-0.2, -0.15) is 5.26 Å². The van der Waals surface area contributed by atoms with Gasteiger partial charge in [-0.3, -0.25) is 19.6 Å². The van der Waals surface area contributed by atoms with Crippen LogP contribution >= 0.6 is 0 Å². The van der Waals surface area contributed by atoms with Gasteiger partial charge in [-0.25, -0.2) is 23.7 Å². The summed E-state index contributed by atoms with van der Waals surface area (Å²) in [5, 5.41) is 32.9. The van der Waals surface area contributed by atoms with E-state index < -0.39 is 23.6 Å². The number of carboxylic acid groups (broad SMARTS) is 1. The first-order valence-corrected chi connectivity index (χ1v) is 18.5. The number of alkyl halides is 2. The van der Waals surface area contributed by atoms with Gasteiger partial charge in [0.2, 0.25) is 5.89 Å². The van der Waals surface area contributed by atoms with E-state index in [1.807, 2.05) is 56.3 Å². The van der Waals surface area contributed by atoms with E-state index in [4.69, 9.17) is 9.40 Å². The Kier molecular flexibility index (Phi) is 9.69. The van der Waals surface area contributed by atoms with Gasteiger partial charge in [-0.1, -0.05) is 24.3 Å². The lowest BCUT2D eigenvalue weighted by atomic mass is 9.90. The minimum absolute atomic E-state index is 0.166. The number of aliphatic hydroxyl groups is 1. The maximum atomic E-state index is 14.1. The number of rotatable bonds is 10. The number of likely N-dealkylation sites (tertiary alicyclic amines) is 2. The summed E-state index contributed by atoms with van der Waals surface area (Å²) in [5.41, 5.74) is 7.70. The smallest absolute Gasteiger partial charge is 0.310 e. The van der Waals surface area contributed by atoms with Crippen LogP contribution in [0.1, 0.15) is 59.8 Å². The molecular formula is C42H40F2N8O4. The second-order valence-electron chi connectivity index (χ2n) is 15.2. The van der Waals surface area contributed by atoms with Gasteiger partial charge in [-0.15, -0.1) is 0 Å². The first-order chi connectivity index (χ1) is 26.9. The molecule has 3 N–H and O–H groups in total. The maximum Gasteiger partial charge on any atom is 0.310 e. The molecule has 0 saturated carbocycles. The molecule has 8 rings (SSSR count). The van der Waals surface area contributed by atoms with Crippen molar-refractivity contribution in [2.24, 2.45) is 5.41 Å². The molecule has 2 saturated heterocycles. The van der Waals surface area contributed by atoms with Crippen LogP contribution in [0.3, 0.4) is 0 Å². The highest BCUT2D eigenvalue weighted by molar-refractivity contribution is 5.90.